The SMILES string of the molecule is COCC(=O)N1CCCN(C(=O)c2c(C)cc(C3CCCNC3)oc2=O)CC1.Cl. The number of carbonyl (C=O) groups excluding carboxylic acids is 2. The van der Waals surface area contributed by atoms with Crippen LogP contribution in [0.25, 0.3) is 0 Å². The predicted molar refractivity (Wildman–Crippen MR) is 111 cm³/mol. The van der Waals surface area contributed by atoms with Crippen molar-refractivity contribution in [1.82, 2.24) is 15.1 Å². The minimum Gasteiger partial charge on any atom is -0.427 e. The minimum atomic E-state index is -0.567. The highest BCUT2D eigenvalue weighted by Crippen LogP contribution is 2.24. The van der Waals surface area contributed by atoms with Gasteiger partial charge in [0.1, 0.15) is 17.9 Å². The Morgan fingerprint density at radius 1 is 1.21 bits per heavy atom. The van der Waals surface area contributed by atoms with Crippen molar-refractivity contribution in [2.75, 3.05) is 53.0 Å². The second-order valence-corrected chi connectivity index (χ2v) is 7.50. The normalized spacial score (nSPS) is 20.0. The summed E-state index contributed by atoms with van der Waals surface area (Å²) in [6, 6.07) is 1.83. The number of ether oxygens (including phenoxy) is 1. The Hall–Kier alpha value is -1.90. The Kier molecular flexibility index (Phi) is 8.67. The van der Waals surface area contributed by atoms with Gasteiger partial charge in [0.15, 0.2) is 0 Å². The topological polar surface area (TPSA) is 92.1 Å². The summed E-state index contributed by atoms with van der Waals surface area (Å²) < 4.78 is 10.4. The Morgan fingerprint density at radius 3 is 2.59 bits per heavy atom. The highest BCUT2D eigenvalue weighted by atomic mass is 35.5. The molecule has 3 rings (SSSR count). The van der Waals surface area contributed by atoms with E-state index in [1.165, 1.54) is 7.11 Å². The molecular weight excluding hydrogens is 398 g/mol. The first-order valence-electron chi connectivity index (χ1n) is 9.92. The summed E-state index contributed by atoms with van der Waals surface area (Å²) in [6.07, 6.45) is 2.68. The molecule has 0 spiro atoms. The minimum absolute atomic E-state index is 0. The molecule has 2 aliphatic rings. The molecule has 3 heterocycles. The molecule has 1 N–H and O–H groups in total. The number of nitrogens with one attached hydrogen (secondary N) is 1. The summed E-state index contributed by atoms with van der Waals surface area (Å²) >= 11 is 0. The van der Waals surface area contributed by atoms with Gasteiger partial charge in [-0.2, -0.15) is 0 Å². The summed E-state index contributed by atoms with van der Waals surface area (Å²) in [5, 5.41) is 3.31. The first-order chi connectivity index (χ1) is 13.5. The lowest BCUT2D eigenvalue weighted by atomic mass is 9.95. The molecule has 29 heavy (non-hydrogen) atoms. The molecule has 2 fully saturated rings. The average Bonchev–Trinajstić information content (AvgIpc) is 2.94. The lowest BCUT2D eigenvalue weighted by Crippen LogP contribution is -2.40. The standard InChI is InChI=1S/C20H29N3O5.ClH/c1-14-11-16(15-5-3-6-21-12-15)28-20(26)18(14)19(25)23-8-4-7-22(9-10-23)17(24)13-27-2;/h11,15,21H,3-10,12-13H2,1-2H3;1H. The molecular formula is C20H30ClN3O5. The van der Waals surface area contributed by atoms with E-state index in [-0.39, 0.29) is 42.3 Å². The molecule has 8 nitrogen and oxygen atoms in total. The second-order valence-electron chi connectivity index (χ2n) is 7.50. The van der Waals surface area contributed by atoms with E-state index >= 15 is 0 Å². The van der Waals surface area contributed by atoms with E-state index in [1.54, 1.807) is 16.7 Å². The first kappa shape index (κ1) is 23.4. The zero-order valence-corrected chi connectivity index (χ0v) is 17.9. The zero-order valence-electron chi connectivity index (χ0n) is 17.1. The van der Waals surface area contributed by atoms with Gasteiger partial charge in [-0.05, 0) is 44.4 Å². The molecule has 2 amide bonds. The molecule has 2 saturated heterocycles. The van der Waals surface area contributed by atoms with E-state index in [0.717, 1.165) is 25.9 Å². The molecule has 1 atom stereocenters. The molecule has 1 aromatic rings. The molecule has 0 radical (unpaired) electrons. The molecule has 0 aromatic carbocycles. The average molecular weight is 428 g/mol. The van der Waals surface area contributed by atoms with Gasteiger partial charge in [0.2, 0.25) is 5.91 Å². The van der Waals surface area contributed by atoms with Gasteiger partial charge in [-0.25, -0.2) is 4.79 Å². The van der Waals surface area contributed by atoms with E-state index in [1.807, 2.05) is 6.07 Å². The maximum Gasteiger partial charge on any atom is 0.349 e. The zero-order chi connectivity index (χ0) is 20.1. The van der Waals surface area contributed by atoms with Gasteiger partial charge in [0.05, 0.1) is 0 Å². The molecule has 162 valence electrons. The number of rotatable bonds is 4. The number of halogens is 1. The van der Waals surface area contributed by atoms with Crippen LogP contribution >= 0.6 is 12.4 Å². The Morgan fingerprint density at radius 2 is 1.93 bits per heavy atom. The Balaban J connectivity index is 0.00000300. The third kappa shape index (κ3) is 5.58. The monoisotopic (exact) mass is 427 g/mol. The highest BCUT2D eigenvalue weighted by Gasteiger charge is 2.27. The van der Waals surface area contributed by atoms with E-state index in [4.69, 9.17) is 9.15 Å². The largest absolute Gasteiger partial charge is 0.427 e. The van der Waals surface area contributed by atoms with Gasteiger partial charge in [-0.1, -0.05) is 0 Å². The molecule has 0 aliphatic carbocycles. The predicted octanol–water partition coefficient (Wildman–Crippen LogP) is 1.16. The molecule has 1 unspecified atom stereocenters. The second kappa shape index (κ2) is 10.8. The fourth-order valence-electron chi connectivity index (χ4n) is 3.93. The van der Waals surface area contributed by atoms with Crippen LogP contribution in [0.4, 0.5) is 0 Å². The van der Waals surface area contributed by atoms with Crippen LogP contribution in [0, 0.1) is 6.92 Å². The summed E-state index contributed by atoms with van der Waals surface area (Å²) in [5.41, 5.74) is 0.185. The van der Waals surface area contributed by atoms with E-state index in [0.29, 0.717) is 43.9 Å². The maximum atomic E-state index is 13.0. The van der Waals surface area contributed by atoms with Crippen LogP contribution in [0.5, 0.6) is 0 Å². The third-order valence-corrected chi connectivity index (χ3v) is 5.48. The molecule has 2 aliphatic heterocycles. The lowest BCUT2D eigenvalue weighted by molar-refractivity contribution is -0.135. The van der Waals surface area contributed by atoms with Crippen LogP contribution in [0.3, 0.4) is 0 Å². The van der Waals surface area contributed by atoms with Crippen LogP contribution in [-0.2, 0) is 9.53 Å². The number of hydrogen-bond donors (Lipinski definition) is 1. The molecule has 0 bridgehead atoms. The van der Waals surface area contributed by atoms with Gasteiger partial charge < -0.3 is 24.3 Å². The number of nitrogens with zero attached hydrogens (tertiary/aromatic N) is 2. The molecule has 1 aromatic heterocycles. The summed E-state index contributed by atoms with van der Waals surface area (Å²) in [5.74, 6) is 0.417. The van der Waals surface area contributed by atoms with Gasteiger partial charge in [-0.3, -0.25) is 9.59 Å². The summed E-state index contributed by atoms with van der Waals surface area (Å²) in [6.45, 7) is 5.49. The van der Waals surface area contributed by atoms with Crippen LogP contribution < -0.4 is 10.9 Å². The van der Waals surface area contributed by atoms with Crippen LogP contribution in [0.2, 0.25) is 0 Å². The van der Waals surface area contributed by atoms with Gasteiger partial charge in [-0.15, -0.1) is 12.4 Å². The fourth-order valence-corrected chi connectivity index (χ4v) is 3.93. The first-order valence-corrected chi connectivity index (χ1v) is 9.92. The van der Waals surface area contributed by atoms with Crippen molar-refractivity contribution in [1.29, 1.82) is 0 Å². The number of methoxy groups -OCH3 is 1. The highest BCUT2D eigenvalue weighted by molar-refractivity contribution is 5.95. The molecule has 9 heteroatoms. The summed E-state index contributed by atoms with van der Waals surface area (Å²) in [4.78, 5) is 41.0. The van der Waals surface area contributed by atoms with Crippen molar-refractivity contribution in [3.63, 3.8) is 0 Å². The summed E-state index contributed by atoms with van der Waals surface area (Å²) in [7, 11) is 1.49. The molecule has 0 saturated carbocycles. The van der Waals surface area contributed by atoms with Gasteiger partial charge >= 0.3 is 5.63 Å². The third-order valence-electron chi connectivity index (χ3n) is 5.48. The van der Waals surface area contributed by atoms with E-state index in [2.05, 4.69) is 5.32 Å². The van der Waals surface area contributed by atoms with Crippen molar-refractivity contribution in [2.24, 2.45) is 0 Å². The number of amides is 2. The fraction of sp³-hybridized carbons (Fsp3) is 0.650. The van der Waals surface area contributed by atoms with E-state index in [9.17, 15) is 14.4 Å². The number of hydrogen-bond acceptors (Lipinski definition) is 6. The van der Waals surface area contributed by atoms with Crippen molar-refractivity contribution in [2.45, 2.75) is 32.1 Å². The van der Waals surface area contributed by atoms with Crippen molar-refractivity contribution in [3.8, 4) is 0 Å². The van der Waals surface area contributed by atoms with Gasteiger partial charge in [0, 0.05) is 45.8 Å². The smallest absolute Gasteiger partial charge is 0.349 e. The van der Waals surface area contributed by atoms with E-state index < -0.39 is 5.63 Å². The quantitative estimate of drug-likeness (QED) is 0.775. The Labute approximate surface area is 177 Å². The number of piperidine rings is 1. The van der Waals surface area contributed by atoms with Crippen molar-refractivity contribution >= 4 is 24.2 Å². The van der Waals surface area contributed by atoms with Crippen LogP contribution in [-0.4, -0.2) is 74.6 Å². The maximum absolute atomic E-state index is 13.0. The van der Waals surface area contributed by atoms with Crippen molar-refractivity contribution in [3.05, 3.63) is 33.4 Å². The Bertz CT molecular complexity index is 776. The lowest BCUT2D eigenvalue weighted by Gasteiger charge is -2.24. The van der Waals surface area contributed by atoms with Crippen LogP contribution in [0.1, 0.15) is 46.9 Å². The van der Waals surface area contributed by atoms with Crippen molar-refractivity contribution < 1.29 is 18.7 Å². The number of carbonyl (C=O) groups is 2. The van der Waals surface area contributed by atoms with Gasteiger partial charge in [0.25, 0.3) is 5.91 Å². The van der Waals surface area contributed by atoms with Crippen LogP contribution in [0.15, 0.2) is 15.3 Å². The number of aryl methyl sites for hydroxylation is 1.